The Balaban J connectivity index is 0.00000312. The Kier molecular flexibility index (Phi) is 9.46. The molecule has 3 N–H and O–H groups in total. The van der Waals surface area contributed by atoms with Crippen molar-refractivity contribution in [3.63, 3.8) is 0 Å². The van der Waals surface area contributed by atoms with E-state index >= 15 is 0 Å². The van der Waals surface area contributed by atoms with E-state index in [1.807, 2.05) is 0 Å². The number of halogens is 1. The van der Waals surface area contributed by atoms with Crippen molar-refractivity contribution in [2.75, 3.05) is 39.3 Å². The molecule has 0 spiro atoms. The number of guanidine groups is 1. The van der Waals surface area contributed by atoms with Gasteiger partial charge in [0, 0.05) is 31.2 Å². The lowest BCUT2D eigenvalue weighted by atomic mass is 9.88. The van der Waals surface area contributed by atoms with Gasteiger partial charge in [-0.05, 0) is 58.0 Å². The summed E-state index contributed by atoms with van der Waals surface area (Å²) in [6.07, 6.45) is 3.91. The van der Waals surface area contributed by atoms with Crippen LogP contribution >= 0.6 is 24.0 Å². The number of nitrogens with two attached hydrogens (primary N) is 1. The molecule has 2 rings (SSSR count). The molecule has 3 atom stereocenters. The standard InChI is InChI=1S/C19H39N5.HI/c1-6-23-9-7-8-17(23)11-21-18(20)22-14-19(4,5)24-12-15(2)10-16(3)13-24;/h15-17H,6-14H2,1-5H3,(H3,20,21,22);1H. The molecule has 2 saturated heterocycles. The molecule has 0 amide bonds. The lowest BCUT2D eigenvalue weighted by Gasteiger charge is -2.44. The maximum absolute atomic E-state index is 6.13. The topological polar surface area (TPSA) is 56.9 Å². The van der Waals surface area contributed by atoms with Crippen LogP contribution in [-0.2, 0) is 0 Å². The van der Waals surface area contributed by atoms with Crippen molar-refractivity contribution in [3.05, 3.63) is 0 Å². The molecule has 0 aromatic rings. The van der Waals surface area contributed by atoms with Gasteiger partial charge < -0.3 is 11.1 Å². The summed E-state index contributed by atoms with van der Waals surface area (Å²) >= 11 is 0. The van der Waals surface area contributed by atoms with Gasteiger partial charge in [0.2, 0.25) is 0 Å². The van der Waals surface area contributed by atoms with E-state index in [4.69, 9.17) is 5.73 Å². The van der Waals surface area contributed by atoms with Crippen LogP contribution in [0.5, 0.6) is 0 Å². The number of piperidine rings is 1. The molecule has 0 radical (unpaired) electrons. The van der Waals surface area contributed by atoms with Gasteiger partial charge in [-0.2, -0.15) is 0 Å². The summed E-state index contributed by atoms with van der Waals surface area (Å²) < 4.78 is 0. The molecule has 2 aliphatic rings. The van der Waals surface area contributed by atoms with Gasteiger partial charge >= 0.3 is 0 Å². The second kappa shape index (κ2) is 10.3. The molecule has 6 heteroatoms. The molecule has 2 heterocycles. The SMILES string of the molecule is CCN1CCCC1CNC(N)=NCC(C)(C)N1CC(C)CC(C)C1.I. The molecular formula is C19H40IN5. The molecule has 2 aliphatic heterocycles. The van der Waals surface area contributed by atoms with Crippen LogP contribution in [0.15, 0.2) is 4.99 Å². The van der Waals surface area contributed by atoms with E-state index in [0.29, 0.717) is 12.0 Å². The van der Waals surface area contributed by atoms with Gasteiger partial charge in [0.15, 0.2) is 5.96 Å². The number of likely N-dealkylation sites (N-methyl/N-ethyl adjacent to an activating group) is 1. The highest BCUT2D eigenvalue weighted by molar-refractivity contribution is 14.0. The van der Waals surface area contributed by atoms with Gasteiger partial charge in [-0.1, -0.05) is 20.8 Å². The molecule has 25 heavy (non-hydrogen) atoms. The highest BCUT2D eigenvalue weighted by Gasteiger charge is 2.32. The van der Waals surface area contributed by atoms with Crippen LogP contribution in [0.4, 0.5) is 0 Å². The summed E-state index contributed by atoms with van der Waals surface area (Å²) in [6.45, 7) is 17.9. The van der Waals surface area contributed by atoms with Crippen molar-refractivity contribution in [2.24, 2.45) is 22.6 Å². The van der Waals surface area contributed by atoms with E-state index in [1.54, 1.807) is 0 Å². The highest BCUT2D eigenvalue weighted by atomic mass is 127. The third kappa shape index (κ3) is 6.86. The first-order valence-electron chi connectivity index (χ1n) is 9.84. The van der Waals surface area contributed by atoms with Crippen molar-refractivity contribution >= 4 is 29.9 Å². The summed E-state index contributed by atoms with van der Waals surface area (Å²) in [5, 5.41) is 3.35. The molecule has 0 saturated carbocycles. The molecule has 0 bridgehead atoms. The zero-order valence-corrected chi connectivity index (χ0v) is 19.3. The molecule has 2 fully saturated rings. The molecule has 0 aromatic heterocycles. The average Bonchev–Trinajstić information content (AvgIpc) is 2.97. The Morgan fingerprint density at radius 3 is 2.48 bits per heavy atom. The second-order valence-electron chi connectivity index (χ2n) is 8.67. The molecule has 0 aromatic carbocycles. The van der Waals surface area contributed by atoms with Crippen molar-refractivity contribution in [2.45, 2.75) is 65.5 Å². The van der Waals surface area contributed by atoms with Crippen molar-refractivity contribution in [3.8, 4) is 0 Å². The Labute approximate surface area is 172 Å². The predicted molar refractivity (Wildman–Crippen MR) is 119 cm³/mol. The van der Waals surface area contributed by atoms with Crippen LogP contribution in [0.1, 0.15) is 53.9 Å². The first-order valence-corrected chi connectivity index (χ1v) is 9.84. The van der Waals surface area contributed by atoms with E-state index in [9.17, 15) is 0 Å². The number of nitrogens with one attached hydrogen (secondary N) is 1. The minimum atomic E-state index is 0. The van der Waals surface area contributed by atoms with E-state index in [0.717, 1.165) is 31.5 Å². The van der Waals surface area contributed by atoms with Crippen LogP contribution < -0.4 is 11.1 Å². The normalized spacial score (nSPS) is 29.5. The minimum absolute atomic E-state index is 0. The summed E-state index contributed by atoms with van der Waals surface area (Å²) in [6, 6.07) is 0.612. The number of rotatable bonds is 6. The Bertz CT molecular complexity index is 416. The van der Waals surface area contributed by atoms with Crippen LogP contribution in [-0.4, -0.2) is 66.6 Å². The van der Waals surface area contributed by atoms with E-state index in [1.165, 1.54) is 38.9 Å². The lowest BCUT2D eigenvalue weighted by Crippen LogP contribution is -2.53. The fraction of sp³-hybridized carbons (Fsp3) is 0.947. The van der Waals surface area contributed by atoms with Gasteiger partial charge in [-0.25, -0.2) is 0 Å². The first kappa shape index (κ1) is 23.0. The maximum atomic E-state index is 6.13. The molecule has 0 aliphatic carbocycles. The van der Waals surface area contributed by atoms with Gasteiger partial charge in [0.05, 0.1) is 6.54 Å². The Hall–Kier alpha value is -0.0800. The number of nitrogens with zero attached hydrogens (tertiary/aromatic N) is 3. The maximum Gasteiger partial charge on any atom is 0.188 e. The van der Waals surface area contributed by atoms with Crippen molar-refractivity contribution < 1.29 is 0 Å². The predicted octanol–water partition coefficient (Wildman–Crippen LogP) is 2.75. The molecule has 148 valence electrons. The summed E-state index contributed by atoms with van der Waals surface area (Å²) in [5.41, 5.74) is 6.20. The fourth-order valence-corrected chi connectivity index (χ4v) is 4.36. The average molecular weight is 465 g/mol. The fourth-order valence-electron chi connectivity index (χ4n) is 4.36. The lowest BCUT2D eigenvalue weighted by molar-refractivity contribution is 0.0513. The molecule has 3 unspecified atom stereocenters. The zero-order valence-electron chi connectivity index (χ0n) is 16.9. The monoisotopic (exact) mass is 465 g/mol. The van der Waals surface area contributed by atoms with E-state index in [-0.39, 0.29) is 29.5 Å². The van der Waals surface area contributed by atoms with Gasteiger partial charge in [-0.15, -0.1) is 24.0 Å². The van der Waals surface area contributed by atoms with E-state index < -0.39 is 0 Å². The van der Waals surface area contributed by atoms with Crippen LogP contribution in [0.3, 0.4) is 0 Å². The molecular weight excluding hydrogens is 425 g/mol. The number of likely N-dealkylation sites (tertiary alicyclic amines) is 2. The Morgan fingerprint density at radius 2 is 1.88 bits per heavy atom. The highest BCUT2D eigenvalue weighted by Crippen LogP contribution is 2.27. The number of hydrogen-bond donors (Lipinski definition) is 2. The first-order chi connectivity index (χ1) is 11.3. The van der Waals surface area contributed by atoms with Gasteiger partial charge in [0.1, 0.15) is 0 Å². The van der Waals surface area contributed by atoms with E-state index in [2.05, 4.69) is 54.7 Å². The van der Waals surface area contributed by atoms with Gasteiger partial charge in [0.25, 0.3) is 0 Å². The number of hydrogen-bond acceptors (Lipinski definition) is 3. The van der Waals surface area contributed by atoms with Crippen LogP contribution in [0, 0.1) is 11.8 Å². The smallest absolute Gasteiger partial charge is 0.188 e. The zero-order chi connectivity index (χ0) is 17.7. The second-order valence-corrected chi connectivity index (χ2v) is 8.67. The number of aliphatic imine (C=N–C) groups is 1. The minimum Gasteiger partial charge on any atom is -0.370 e. The van der Waals surface area contributed by atoms with Gasteiger partial charge in [-0.3, -0.25) is 14.8 Å². The summed E-state index contributed by atoms with van der Waals surface area (Å²) in [4.78, 5) is 9.78. The quantitative estimate of drug-likeness (QED) is 0.360. The third-order valence-electron chi connectivity index (χ3n) is 5.79. The van der Waals surface area contributed by atoms with Crippen LogP contribution in [0.25, 0.3) is 0 Å². The summed E-state index contributed by atoms with van der Waals surface area (Å²) in [5.74, 6) is 2.15. The largest absolute Gasteiger partial charge is 0.370 e. The van der Waals surface area contributed by atoms with Crippen molar-refractivity contribution in [1.82, 2.24) is 15.1 Å². The van der Waals surface area contributed by atoms with Crippen molar-refractivity contribution in [1.29, 1.82) is 0 Å². The van der Waals surface area contributed by atoms with Crippen LogP contribution in [0.2, 0.25) is 0 Å². The summed E-state index contributed by atoms with van der Waals surface area (Å²) in [7, 11) is 0. The molecule has 5 nitrogen and oxygen atoms in total. The third-order valence-corrected chi connectivity index (χ3v) is 5.79. The Morgan fingerprint density at radius 1 is 1.24 bits per heavy atom.